The Bertz CT molecular complexity index is 543. The van der Waals surface area contributed by atoms with Crippen LogP contribution < -0.4 is 0 Å². The zero-order valence-electron chi connectivity index (χ0n) is 14.5. The lowest BCUT2D eigenvalue weighted by molar-refractivity contribution is -0.136. The molecule has 3 rings (SSSR count). The van der Waals surface area contributed by atoms with Crippen LogP contribution in [0.25, 0.3) is 0 Å². The molecule has 0 unspecified atom stereocenters. The van der Waals surface area contributed by atoms with Crippen molar-refractivity contribution in [2.75, 3.05) is 25.1 Å². The van der Waals surface area contributed by atoms with Gasteiger partial charge in [0.25, 0.3) is 0 Å². The highest BCUT2D eigenvalue weighted by Crippen LogP contribution is 2.50. The van der Waals surface area contributed by atoms with Gasteiger partial charge in [0.2, 0.25) is 5.91 Å². The third kappa shape index (κ3) is 4.49. The van der Waals surface area contributed by atoms with E-state index in [4.69, 9.17) is 0 Å². The van der Waals surface area contributed by atoms with E-state index < -0.39 is 9.84 Å². The van der Waals surface area contributed by atoms with Crippen molar-refractivity contribution in [3.05, 3.63) is 0 Å². The van der Waals surface area contributed by atoms with Gasteiger partial charge in [0.05, 0.1) is 5.75 Å². The first-order chi connectivity index (χ1) is 10.8. The molecule has 1 saturated heterocycles. The van der Waals surface area contributed by atoms with Gasteiger partial charge in [-0.1, -0.05) is 25.7 Å². The zero-order chi connectivity index (χ0) is 16.6. The molecule has 2 aliphatic carbocycles. The van der Waals surface area contributed by atoms with E-state index in [1.165, 1.54) is 51.2 Å². The standard InChI is InChI=1S/C18H31NO3S/c1-23(21,22)15-18(10-11-18)13-16(20)19-12-6-9-17(14-19)7-4-2-3-5-8-17/h2-15H2,1H3. The molecule has 1 amide bonds. The number of carbonyl (C=O) groups excluding carboxylic acids is 1. The van der Waals surface area contributed by atoms with Crippen LogP contribution in [0.15, 0.2) is 0 Å². The van der Waals surface area contributed by atoms with Gasteiger partial charge in [0.15, 0.2) is 0 Å². The number of sulfone groups is 1. The molecular weight excluding hydrogens is 310 g/mol. The number of rotatable bonds is 4. The molecular formula is C18H31NO3S. The molecule has 3 fully saturated rings. The van der Waals surface area contributed by atoms with Crippen molar-refractivity contribution in [3.8, 4) is 0 Å². The minimum atomic E-state index is -3.00. The maximum Gasteiger partial charge on any atom is 0.223 e. The maximum absolute atomic E-state index is 12.8. The summed E-state index contributed by atoms with van der Waals surface area (Å²) in [5.41, 5.74) is 0.122. The molecule has 3 aliphatic rings. The highest BCUT2D eigenvalue weighted by Gasteiger charge is 2.48. The largest absolute Gasteiger partial charge is 0.342 e. The predicted octanol–water partition coefficient (Wildman–Crippen LogP) is 3.16. The number of piperidine rings is 1. The molecule has 0 aromatic heterocycles. The van der Waals surface area contributed by atoms with Crippen molar-refractivity contribution < 1.29 is 13.2 Å². The van der Waals surface area contributed by atoms with Crippen molar-refractivity contribution in [2.45, 2.75) is 70.6 Å². The predicted molar refractivity (Wildman–Crippen MR) is 91.9 cm³/mol. The topological polar surface area (TPSA) is 54.5 Å². The lowest BCUT2D eigenvalue weighted by Crippen LogP contribution is -2.46. The molecule has 2 saturated carbocycles. The van der Waals surface area contributed by atoms with E-state index in [-0.39, 0.29) is 17.1 Å². The summed E-state index contributed by atoms with van der Waals surface area (Å²) in [5.74, 6) is 0.388. The first-order valence-corrected chi connectivity index (χ1v) is 11.3. The quantitative estimate of drug-likeness (QED) is 0.789. The fourth-order valence-electron chi connectivity index (χ4n) is 4.85. The Hall–Kier alpha value is -0.580. The van der Waals surface area contributed by atoms with Crippen LogP contribution in [0.3, 0.4) is 0 Å². The molecule has 0 atom stereocenters. The fourth-order valence-corrected chi connectivity index (χ4v) is 6.35. The van der Waals surface area contributed by atoms with Crippen molar-refractivity contribution in [1.82, 2.24) is 4.90 Å². The fraction of sp³-hybridized carbons (Fsp3) is 0.944. The maximum atomic E-state index is 12.8. The van der Waals surface area contributed by atoms with Crippen LogP contribution >= 0.6 is 0 Å². The van der Waals surface area contributed by atoms with Crippen LogP contribution in [0, 0.1) is 10.8 Å². The summed E-state index contributed by atoms with van der Waals surface area (Å²) in [6, 6.07) is 0. The SMILES string of the molecule is CS(=O)(=O)CC1(CC(=O)N2CCCC3(CCCCCC3)C2)CC1. The minimum Gasteiger partial charge on any atom is -0.342 e. The van der Waals surface area contributed by atoms with Crippen molar-refractivity contribution in [3.63, 3.8) is 0 Å². The normalized spacial score (nSPS) is 26.7. The number of nitrogens with zero attached hydrogens (tertiary/aromatic N) is 1. The molecule has 1 heterocycles. The van der Waals surface area contributed by atoms with Gasteiger partial charge in [0.1, 0.15) is 9.84 Å². The Morgan fingerprint density at radius 1 is 0.957 bits per heavy atom. The van der Waals surface area contributed by atoms with Crippen LogP contribution in [-0.4, -0.2) is 44.3 Å². The van der Waals surface area contributed by atoms with Crippen LogP contribution in [0.1, 0.15) is 70.6 Å². The molecule has 132 valence electrons. The first kappa shape index (κ1) is 17.2. The Morgan fingerprint density at radius 2 is 1.57 bits per heavy atom. The third-order valence-corrected chi connectivity index (χ3v) is 7.37. The van der Waals surface area contributed by atoms with E-state index in [1.54, 1.807) is 0 Å². The molecule has 5 heteroatoms. The minimum absolute atomic E-state index is 0.185. The summed E-state index contributed by atoms with van der Waals surface area (Å²) in [6.45, 7) is 1.79. The second-order valence-electron chi connectivity index (χ2n) is 8.58. The number of likely N-dealkylation sites (tertiary alicyclic amines) is 1. The molecule has 4 nitrogen and oxygen atoms in total. The Kier molecular flexibility index (Phi) is 4.78. The summed E-state index contributed by atoms with van der Waals surface area (Å²) in [5, 5.41) is 0. The van der Waals surface area contributed by atoms with Gasteiger partial charge in [-0.3, -0.25) is 4.79 Å². The number of hydrogen-bond acceptors (Lipinski definition) is 3. The monoisotopic (exact) mass is 341 g/mol. The van der Waals surface area contributed by atoms with Gasteiger partial charge in [-0.05, 0) is 49.4 Å². The van der Waals surface area contributed by atoms with Crippen LogP contribution in [0.4, 0.5) is 0 Å². The van der Waals surface area contributed by atoms with Gasteiger partial charge >= 0.3 is 0 Å². The highest BCUT2D eigenvalue weighted by molar-refractivity contribution is 7.90. The van der Waals surface area contributed by atoms with Gasteiger partial charge in [-0.15, -0.1) is 0 Å². The summed E-state index contributed by atoms with van der Waals surface area (Å²) in [6.07, 6.45) is 13.7. The average molecular weight is 342 g/mol. The van der Waals surface area contributed by atoms with Crippen molar-refractivity contribution >= 4 is 15.7 Å². The first-order valence-electron chi connectivity index (χ1n) is 9.27. The molecule has 0 aromatic carbocycles. The molecule has 0 bridgehead atoms. The molecule has 1 aliphatic heterocycles. The van der Waals surface area contributed by atoms with Crippen molar-refractivity contribution in [2.24, 2.45) is 10.8 Å². The molecule has 23 heavy (non-hydrogen) atoms. The third-order valence-electron chi connectivity index (χ3n) is 6.23. The Balaban J connectivity index is 1.61. The lowest BCUT2D eigenvalue weighted by atomic mass is 9.74. The molecule has 0 radical (unpaired) electrons. The smallest absolute Gasteiger partial charge is 0.223 e. The van der Waals surface area contributed by atoms with E-state index in [2.05, 4.69) is 4.90 Å². The van der Waals surface area contributed by atoms with E-state index in [1.807, 2.05) is 0 Å². The molecule has 1 spiro atoms. The number of carbonyl (C=O) groups is 1. The zero-order valence-corrected chi connectivity index (χ0v) is 15.3. The summed E-state index contributed by atoms with van der Waals surface area (Å²) < 4.78 is 23.2. The molecule has 0 N–H and O–H groups in total. The second-order valence-corrected chi connectivity index (χ2v) is 10.7. The summed E-state index contributed by atoms with van der Waals surface area (Å²) in [7, 11) is -3.00. The summed E-state index contributed by atoms with van der Waals surface area (Å²) in [4.78, 5) is 14.8. The van der Waals surface area contributed by atoms with E-state index >= 15 is 0 Å². The van der Waals surface area contributed by atoms with E-state index in [0.29, 0.717) is 11.8 Å². The van der Waals surface area contributed by atoms with Gasteiger partial charge in [0, 0.05) is 25.8 Å². The average Bonchev–Trinajstić information content (AvgIpc) is 3.22. The van der Waals surface area contributed by atoms with Gasteiger partial charge in [-0.2, -0.15) is 0 Å². The van der Waals surface area contributed by atoms with E-state index in [9.17, 15) is 13.2 Å². The summed E-state index contributed by atoms with van der Waals surface area (Å²) >= 11 is 0. The van der Waals surface area contributed by atoms with Gasteiger partial charge in [-0.25, -0.2) is 8.42 Å². The highest BCUT2D eigenvalue weighted by atomic mass is 32.2. The second kappa shape index (κ2) is 6.38. The van der Waals surface area contributed by atoms with Crippen molar-refractivity contribution in [1.29, 1.82) is 0 Å². The lowest BCUT2D eigenvalue weighted by Gasteiger charge is -2.43. The number of amides is 1. The Labute approximate surface area is 140 Å². The number of hydrogen-bond donors (Lipinski definition) is 0. The Morgan fingerprint density at radius 3 is 2.13 bits per heavy atom. The molecule has 0 aromatic rings. The van der Waals surface area contributed by atoms with Gasteiger partial charge < -0.3 is 4.90 Å². The van der Waals surface area contributed by atoms with E-state index in [0.717, 1.165) is 32.4 Å². The van der Waals surface area contributed by atoms with Crippen LogP contribution in [0.2, 0.25) is 0 Å². The van der Waals surface area contributed by atoms with Crippen LogP contribution in [0.5, 0.6) is 0 Å². The van der Waals surface area contributed by atoms with Crippen LogP contribution in [-0.2, 0) is 14.6 Å².